The van der Waals surface area contributed by atoms with E-state index in [1.165, 1.54) is 12.3 Å². The van der Waals surface area contributed by atoms with Crippen LogP contribution in [0.25, 0.3) is 0 Å². The van der Waals surface area contributed by atoms with Gasteiger partial charge in [-0.3, -0.25) is 9.69 Å². The van der Waals surface area contributed by atoms with E-state index in [1.54, 1.807) is 0 Å². The lowest BCUT2D eigenvalue weighted by atomic mass is 9.82. The lowest BCUT2D eigenvalue weighted by molar-refractivity contribution is -0.155. The highest BCUT2D eigenvalue weighted by atomic mass is 16.6. The molecule has 2 bridgehead atoms. The van der Waals surface area contributed by atoms with Gasteiger partial charge in [0.25, 0.3) is 0 Å². The number of fused-ring (bicyclic) bond motifs is 3. The average molecular weight is 437 g/mol. The number of nitrogens with two attached hydrogens (primary N) is 1. The molecule has 1 fully saturated rings. The van der Waals surface area contributed by atoms with Gasteiger partial charge in [0, 0.05) is 36.3 Å². The number of aliphatic hydroxyl groups excluding tert-OH is 1. The number of piperidine rings is 1. The number of likely N-dealkylation sites (tertiary alicyclic amines) is 1. The van der Waals surface area contributed by atoms with Crippen molar-refractivity contribution in [2.24, 2.45) is 5.92 Å². The van der Waals surface area contributed by atoms with E-state index in [1.807, 2.05) is 18.2 Å². The second-order valence-electron chi connectivity index (χ2n) is 8.47. The van der Waals surface area contributed by atoms with Crippen LogP contribution in [0.1, 0.15) is 34.3 Å². The molecule has 2 unspecified atom stereocenters. The molecule has 166 valence electrons. The first-order valence-electron chi connectivity index (χ1n) is 10.7. The minimum Gasteiger partial charge on any atom is -0.417 e. The van der Waals surface area contributed by atoms with Crippen LogP contribution in [0.2, 0.25) is 0 Å². The number of Topliss-reactive ketones (excluding diaryl/α,β-unsaturated/α-hetero) is 1. The summed E-state index contributed by atoms with van der Waals surface area (Å²) in [6.07, 6.45) is 3.18. The molecule has 3 heterocycles. The Balaban J connectivity index is 1.30. The number of rotatable bonds is 3. The van der Waals surface area contributed by atoms with Crippen molar-refractivity contribution >= 4 is 23.4 Å². The minimum atomic E-state index is -1.20. The number of nitrogens with zero attached hydrogens (tertiary/aromatic N) is 2. The monoisotopic (exact) mass is 437 g/mol. The Morgan fingerprint density at radius 2 is 1.84 bits per heavy atom. The van der Waals surface area contributed by atoms with Gasteiger partial charge in [-0.25, -0.2) is 14.6 Å². The van der Waals surface area contributed by atoms with Crippen molar-refractivity contribution < 1.29 is 29.0 Å². The van der Waals surface area contributed by atoms with Crippen LogP contribution in [0, 0.1) is 5.92 Å². The first kappa shape index (κ1) is 20.6. The van der Waals surface area contributed by atoms with Gasteiger partial charge in [0.15, 0.2) is 5.78 Å². The maximum atomic E-state index is 13.2. The van der Waals surface area contributed by atoms with E-state index >= 15 is 0 Å². The van der Waals surface area contributed by atoms with Gasteiger partial charge in [-0.05, 0) is 49.5 Å². The molecule has 9 nitrogen and oxygen atoms in total. The number of ketones is 1. The van der Waals surface area contributed by atoms with Crippen molar-refractivity contribution in [1.29, 1.82) is 0 Å². The van der Waals surface area contributed by atoms with E-state index in [4.69, 9.17) is 15.2 Å². The third-order valence-corrected chi connectivity index (χ3v) is 6.65. The first-order chi connectivity index (χ1) is 15.4. The van der Waals surface area contributed by atoms with Gasteiger partial charge < -0.3 is 20.3 Å². The highest BCUT2D eigenvalue weighted by Gasteiger charge is 2.38. The van der Waals surface area contributed by atoms with E-state index in [0.717, 1.165) is 16.8 Å². The number of ether oxygens (including phenoxy) is 2. The number of hydrogen-bond acceptors (Lipinski definition) is 9. The second kappa shape index (κ2) is 7.99. The minimum absolute atomic E-state index is 0.00642. The summed E-state index contributed by atoms with van der Waals surface area (Å²) in [4.78, 5) is 42.8. The van der Waals surface area contributed by atoms with Crippen molar-refractivity contribution in [1.82, 2.24) is 9.88 Å². The van der Waals surface area contributed by atoms with Crippen LogP contribution in [-0.4, -0.2) is 57.9 Å². The number of nitrogen functional groups attached to an aromatic ring is 1. The smallest absolute Gasteiger partial charge is 0.417 e. The molecule has 3 N–H and O–H groups in total. The Bertz CT molecular complexity index is 1070. The molecule has 1 saturated heterocycles. The van der Waals surface area contributed by atoms with E-state index < -0.39 is 18.0 Å². The van der Waals surface area contributed by atoms with Crippen LogP contribution < -0.4 is 15.2 Å². The van der Waals surface area contributed by atoms with Crippen molar-refractivity contribution in [2.75, 3.05) is 18.8 Å². The van der Waals surface area contributed by atoms with Crippen molar-refractivity contribution in [3.63, 3.8) is 0 Å². The lowest BCUT2D eigenvalue weighted by Crippen LogP contribution is -2.51. The topological polar surface area (TPSA) is 132 Å². The fourth-order valence-electron chi connectivity index (χ4n) is 4.96. The zero-order valence-corrected chi connectivity index (χ0v) is 17.3. The Morgan fingerprint density at radius 1 is 1.09 bits per heavy atom. The number of aliphatic hydroxyl groups is 1. The molecule has 32 heavy (non-hydrogen) atoms. The molecule has 2 atom stereocenters. The fourth-order valence-corrected chi connectivity index (χ4v) is 4.96. The molecule has 2 aromatic rings. The predicted molar refractivity (Wildman–Crippen MR) is 112 cm³/mol. The zero-order chi connectivity index (χ0) is 22.4. The quantitative estimate of drug-likeness (QED) is 0.311. The van der Waals surface area contributed by atoms with Crippen LogP contribution in [0.5, 0.6) is 11.6 Å². The summed E-state index contributed by atoms with van der Waals surface area (Å²) < 4.78 is 9.96. The van der Waals surface area contributed by atoms with Gasteiger partial charge in [0.1, 0.15) is 11.3 Å². The number of anilines is 1. The van der Waals surface area contributed by atoms with Crippen molar-refractivity contribution in [3.8, 4) is 11.6 Å². The number of esters is 2. The number of aromatic nitrogens is 1. The van der Waals surface area contributed by atoms with Gasteiger partial charge in [-0.1, -0.05) is 12.1 Å². The Morgan fingerprint density at radius 3 is 2.62 bits per heavy atom. The van der Waals surface area contributed by atoms with Gasteiger partial charge >= 0.3 is 11.9 Å². The summed E-state index contributed by atoms with van der Waals surface area (Å²) in [6, 6.07) is 7.12. The predicted octanol–water partition coefficient (Wildman–Crippen LogP) is 0.911. The zero-order valence-electron chi connectivity index (χ0n) is 17.3. The summed E-state index contributed by atoms with van der Waals surface area (Å²) in [5, 5.41) is 10.8. The van der Waals surface area contributed by atoms with Crippen molar-refractivity contribution in [3.05, 3.63) is 47.2 Å². The average Bonchev–Trinajstić information content (AvgIpc) is 2.85. The Hall–Kier alpha value is -3.30. The lowest BCUT2D eigenvalue weighted by Gasteiger charge is -2.42. The van der Waals surface area contributed by atoms with Crippen LogP contribution in [0.4, 0.5) is 5.69 Å². The molecular formula is C23H23N3O6. The molecule has 1 aromatic heterocycles. The number of carbonyl (C=O) groups is 3. The second-order valence-corrected chi connectivity index (χ2v) is 8.47. The highest BCUT2D eigenvalue weighted by molar-refractivity contribution is 6.31. The standard InChI is InChI=1S/C23H23N3O6/c24-15-3-1-2-13-10-17(27)16(11-14(13)15)26-8-5-12(6-9-26)20(28)19-18-4-7-25-21(19)32-23(30)22(29)31-18/h1-4,7,12,16-17,27H,5-6,8-11,24H2. The summed E-state index contributed by atoms with van der Waals surface area (Å²) >= 11 is 0. The van der Waals surface area contributed by atoms with Gasteiger partial charge in [-0.2, -0.15) is 0 Å². The maximum Gasteiger partial charge on any atom is 0.424 e. The molecule has 9 heteroatoms. The van der Waals surface area contributed by atoms with Gasteiger partial charge in [0.2, 0.25) is 5.88 Å². The Labute approximate surface area is 184 Å². The van der Waals surface area contributed by atoms with E-state index in [2.05, 4.69) is 9.88 Å². The molecule has 0 saturated carbocycles. The molecule has 2 aliphatic heterocycles. The molecule has 1 aliphatic carbocycles. The molecule has 5 rings (SSSR count). The Kier molecular flexibility index (Phi) is 5.15. The normalized spacial score (nSPS) is 23.7. The van der Waals surface area contributed by atoms with Crippen LogP contribution >= 0.6 is 0 Å². The number of pyridine rings is 1. The molecule has 3 aliphatic rings. The summed E-state index contributed by atoms with van der Waals surface area (Å²) in [5.74, 6) is -3.17. The molecule has 0 amide bonds. The van der Waals surface area contributed by atoms with Crippen LogP contribution in [-0.2, 0) is 22.4 Å². The van der Waals surface area contributed by atoms with Gasteiger partial charge in [0.05, 0.1) is 6.10 Å². The van der Waals surface area contributed by atoms with E-state index in [-0.39, 0.29) is 34.9 Å². The molecule has 1 aromatic carbocycles. The van der Waals surface area contributed by atoms with E-state index in [0.29, 0.717) is 38.8 Å². The first-order valence-corrected chi connectivity index (χ1v) is 10.7. The summed E-state index contributed by atoms with van der Waals surface area (Å²) in [7, 11) is 0. The van der Waals surface area contributed by atoms with Crippen LogP contribution in [0.15, 0.2) is 30.5 Å². The molecule has 0 spiro atoms. The fraction of sp³-hybridized carbons (Fsp3) is 0.391. The third-order valence-electron chi connectivity index (χ3n) is 6.65. The van der Waals surface area contributed by atoms with Gasteiger partial charge in [-0.15, -0.1) is 0 Å². The van der Waals surface area contributed by atoms with Crippen molar-refractivity contribution in [2.45, 2.75) is 37.8 Å². The molecule has 0 radical (unpaired) electrons. The van der Waals surface area contributed by atoms with E-state index in [9.17, 15) is 19.5 Å². The third kappa shape index (κ3) is 3.53. The number of benzene rings is 1. The molecular weight excluding hydrogens is 414 g/mol. The SMILES string of the molecule is Nc1cccc2c1CC(N1CCC(C(=O)c3c4ccnc3OC(=O)C(=O)O4)CC1)C(O)C2. The maximum absolute atomic E-state index is 13.2. The van der Waals surface area contributed by atoms with Crippen LogP contribution in [0.3, 0.4) is 0 Å². The number of hydrogen-bond donors (Lipinski definition) is 2. The largest absolute Gasteiger partial charge is 0.424 e. The highest BCUT2D eigenvalue weighted by Crippen LogP contribution is 2.36. The summed E-state index contributed by atoms with van der Waals surface area (Å²) in [6.45, 7) is 1.26. The number of carbonyl (C=O) groups excluding carboxylic acids is 3. The summed E-state index contributed by atoms with van der Waals surface area (Å²) in [5.41, 5.74) is 9.12.